The van der Waals surface area contributed by atoms with Crippen LogP contribution in [0.1, 0.15) is 24.9 Å². The number of ether oxygens (including phenoxy) is 1. The van der Waals surface area contributed by atoms with Gasteiger partial charge in [0, 0.05) is 12.1 Å². The van der Waals surface area contributed by atoms with Crippen LogP contribution in [0.3, 0.4) is 0 Å². The van der Waals surface area contributed by atoms with Gasteiger partial charge >= 0.3 is 0 Å². The zero-order valence-corrected chi connectivity index (χ0v) is 8.73. The van der Waals surface area contributed by atoms with Crippen LogP contribution in [0, 0.1) is 0 Å². The first-order valence-corrected chi connectivity index (χ1v) is 4.78. The standard InChI is InChI=1S/C11H18N2O/c1-8(12)7-11(13)9-3-5-10(14-2)6-4-9/h3-6,8,11H,7,12-13H2,1-2H3. The smallest absolute Gasteiger partial charge is 0.118 e. The van der Waals surface area contributed by atoms with Crippen LogP contribution < -0.4 is 16.2 Å². The van der Waals surface area contributed by atoms with E-state index in [0.717, 1.165) is 17.7 Å². The fourth-order valence-electron chi connectivity index (χ4n) is 1.39. The van der Waals surface area contributed by atoms with Crippen LogP contribution in [-0.4, -0.2) is 13.2 Å². The number of benzene rings is 1. The Kier molecular flexibility index (Phi) is 3.92. The van der Waals surface area contributed by atoms with Gasteiger partial charge in [0.05, 0.1) is 7.11 Å². The van der Waals surface area contributed by atoms with Crippen LogP contribution in [0.5, 0.6) is 5.75 Å². The molecule has 0 heterocycles. The van der Waals surface area contributed by atoms with Crippen LogP contribution in [0.25, 0.3) is 0 Å². The minimum atomic E-state index is 0.0147. The highest BCUT2D eigenvalue weighted by atomic mass is 16.5. The predicted molar refractivity (Wildman–Crippen MR) is 58.2 cm³/mol. The van der Waals surface area contributed by atoms with E-state index in [2.05, 4.69) is 0 Å². The molecule has 0 aliphatic rings. The Bertz CT molecular complexity index is 269. The van der Waals surface area contributed by atoms with E-state index >= 15 is 0 Å². The van der Waals surface area contributed by atoms with Crippen molar-refractivity contribution in [3.05, 3.63) is 29.8 Å². The molecule has 2 unspecified atom stereocenters. The lowest BCUT2D eigenvalue weighted by atomic mass is 10.0. The van der Waals surface area contributed by atoms with E-state index < -0.39 is 0 Å². The molecule has 78 valence electrons. The van der Waals surface area contributed by atoms with Gasteiger partial charge in [-0.2, -0.15) is 0 Å². The van der Waals surface area contributed by atoms with Gasteiger partial charge < -0.3 is 16.2 Å². The molecule has 0 fully saturated rings. The topological polar surface area (TPSA) is 61.3 Å². The molecule has 1 aromatic carbocycles. The zero-order chi connectivity index (χ0) is 10.6. The molecular formula is C11H18N2O. The van der Waals surface area contributed by atoms with Crippen molar-refractivity contribution in [2.75, 3.05) is 7.11 Å². The SMILES string of the molecule is COc1ccc(C(N)CC(C)N)cc1. The highest BCUT2D eigenvalue weighted by Crippen LogP contribution is 2.18. The molecule has 0 saturated heterocycles. The minimum absolute atomic E-state index is 0.0147. The average molecular weight is 194 g/mol. The van der Waals surface area contributed by atoms with Crippen molar-refractivity contribution >= 4 is 0 Å². The number of hydrogen-bond donors (Lipinski definition) is 2. The molecule has 0 saturated carbocycles. The van der Waals surface area contributed by atoms with Gasteiger partial charge in [-0.1, -0.05) is 12.1 Å². The summed E-state index contributed by atoms with van der Waals surface area (Å²) in [6, 6.07) is 7.93. The average Bonchev–Trinajstić information content (AvgIpc) is 2.17. The Balaban J connectivity index is 2.66. The molecule has 0 aliphatic heterocycles. The molecule has 0 amide bonds. The summed E-state index contributed by atoms with van der Waals surface area (Å²) in [5.74, 6) is 0.849. The number of methoxy groups -OCH3 is 1. The molecule has 0 radical (unpaired) electrons. The van der Waals surface area contributed by atoms with Gasteiger partial charge in [0.1, 0.15) is 5.75 Å². The van der Waals surface area contributed by atoms with Crippen molar-refractivity contribution in [2.45, 2.75) is 25.4 Å². The zero-order valence-electron chi connectivity index (χ0n) is 8.73. The third kappa shape index (κ3) is 3.01. The third-order valence-corrected chi connectivity index (χ3v) is 2.17. The summed E-state index contributed by atoms with van der Waals surface area (Å²) < 4.78 is 5.06. The molecule has 0 aromatic heterocycles. The number of rotatable bonds is 4. The fraction of sp³-hybridized carbons (Fsp3) is 0.455. The van der Waals surface area contributed by atoms with Crippen molar-refractivity contribution in [1.29, 1.82) is 0 Å². The Labute approximate surface area is 85.0 Å². The maximum Gasteiger partial charge on any atom is 0.118 e. The molecule has 1 rings (SSSR count). The molecule has 3 heteroatoms. The van der Waals surface area contributed by atoms with Gasteiger partial charge in [0.15, 0.2) is 0 Å². The largest absolute Gasteiger partial charge is 0.497 e. The van der Waals surface area contributed by atoms with Crippen LogP contribution in [-0.2, 0) is 0 Å². The molecule has 2 atom stereocenters. The summed E-state index contributed by atoms with van der Waals surface area (Å²) in [5, 5.41) is 0. The van der Waals surface area contributed by atoms with E-state index in [0.29, 0.717) is 0 Å². The summed E-state index contributed by atoms with van der Waals surface area (Å²) in [5.41, 5.74) is 12.7. The quantitative estimate of drug-likeness (QED) is 0.762. The van der Waals surface area contributed by atoms with Gasteiger partial charge in [-0.25, -0.2) is 0 Å². The highest BCUT2D eigenvalue weighted by molar-refractivity contribution is 5.28. The second-order valence-electron chi connectivity index (χ2n) is 3.59. The predicted octanol–water partition coefficient (Wildman–Crippen LogP) is 1.43. The van der Waals surface area contributed by atoms with Crippen molar-refractivity contribution in [2.24, 2.45) is 11.5 Å². The first-order valence-electron chi connectivity index (χ1n) is 4.78. The van der Waals surface area contributed by atoms with Crippen molar-refractivity contribution in [3.63, 3.8) is 0 Å². The fourth-order valence-corrected chi connectivity index (χ4v) is 1.39. The summed E-state index contributed by atoms with van der Waals surface area (Å²) >= 11 is 0. The second kappa shape index (κ2) is 4.98. The van der Waals surface area contributed by atoms with E-state index in [4.69, 9.17) is 16.2 Å². The lowest BCUT2D eigenvalue weighted by Gasteiger charge is -2.14. The highest BCUT2D eigenvalue weighted by Gasteiger charge is 2.07. The summed E-state index contributed by atoms with van der Waals surface area (Å²) in [4.78, 5) is 0. The van der Waals surface area contributed by atoms with Crippen molar-refractivity contribution < 1.29 is 4.74 Å². The Hall–Kier alpha value is -1.06. The van der Waals surface area contributed by atoms with Crippen LogP contribution in [0.4, 0.5) is 0 Å². The molecule has 0 aliphatic carbocycles. The number of hydrogen-bond acceptors (Lipinski definition) is 3. The van der Waals surface area contributed by atoms with Gasteiger partial charge in [0.2, 0.25) is 0 Å². The van der Waals surface area contributed by atoms with E-state index in [9.17, 15) is 0 Å². The van der Waals surface area contributed by atoms with E-state index in [1.807, 2.05) is 31.2 Å². The van der Waals surface area contributed by atoms with Crippen molar-refractivity contribution in [3.8, 4) is 5.75 Å². The van der Waals surface area contributed by atoms with Gasteiger partial charge in [-0.3, -0.25) is 0 Å². The molecule has 0 spiro atoms. The number of nitrogens with two attached hydrogens (primary N) is 2. The maximum atomic E-state index is 5.97. The lowest BCUT2D eigenvalue weighted by molar-refractivity contribution is 0.414. The second-order valence-corrected chi connectivity index (χ2v) is 3.59. The molecule has 14 heavy (non-hydrogen) atoms. The van der Waals surface area contributed by atoms with E-state index in [-0.39, 0.29) is 12.1 Å². The van der Waals surface area contributed by atoms with Gasteiger partial charge in [-0.05, 0) is 31.0 Å². The van der Waals surface area contributed by atoms with Crippen LogP contribution in [0.2, 0.25) is 0 Å². The molecule has 0 bridgehead atoms. The van der Waals surface area contributed by atoms with Crippen LogP contribution in [0.15, 0.2) is 24.3 Å². The lowest BCUT2D eigenvalue weighted by Crippen LogP contribution is -2.23. The van der Waals surface area contributed by atoms with Crippen LogP contribution >= 0.6 is 0 Å². The Morgan fingerprint density at radius 1 is 1.21 bits per heavy atom. The van der Waals surface area contributed by atoms with E-state index in [1.54, 1.807) is 7.11 Å². The van der Waals surface area contributed by atoms with E-state index in [1.165, 1.54) is 0 Å². The van der Waals surface area contributed by atoms with Crippen molar-refractivity contribution in [1.82, 2.24) is 0 Å². The molecule has 1 aromatic rings. The molecule has 3 nitrogen and oxygen atoms in total. The summed E-state index contributed by atoms with van der Waals surface area (Å²) in [6.45, 7) is 1.96. The van der Waals surface area contributed by atoms with Gasteiger partial charge in [-0.15, -0.1) is 0 Å². The maximum absolute atomic E-state index is 5.97. The summed E-state index contributed by atoms with van der Waals surface area (Å²) in [7, 11) is 1.65. The normalized spacial score (nSPS) is 14.9. The Morgan fingerprint density at radius 2 is 1.79 bits per heavy atom. The molecule has 4 N–H and O–H groups in total. The molecular weight excluding hydrogens is 176 g/mol. The monoisotopic (exact) mass is 194 g/mol. The first kappa shape index (κ1) is 11.0. The minimum Gasteiger partial charge on any atom is -0.497 e. The Morgan fingerprint density at radius 3 is 2.21 bits per heavy atom. The van der Waals surface area contributed by atoms with Gasteiger partial charge in [0.25, 0.3) is 0 Å². The third-order valence-electron chi connectivity index (χ3n) is 2.17. The first-order chi connectivity index (χ1) is 6.63. The summed E-state index contributed by atoms with van der Waals surface area (Å²) in [6.07, 6.45) is 0.798.